The fourth-order valence-corrected chi connectivity index (χ4v) is 6.04. The van der Waals surface area contributed by atoms with Crippen molar-refractivity contribution in [3.63, 3.8) is 0 Å². The second kappa shape index (κ2) is 7.65. The minimum Gasteiger partial charge on any atom is -0.479 e. The molecule has 7 heteroatoms. The number of halogens is 2. The Hall–Kier alpha value is -1.64. The molecule has 4 aromatic rings. The molecule has 4 rings (SSSR count). The Morgan fingerprint density at radius 3 is 2.75 bits per heavy atom. The van der Waals surface area contributed by atoms with Crippen molar-refractivity contribution in [2.75, 3.05) is 6.61 Å². The lowest BCUT2D eigenvalue weighted by Gasteiger charge is -2.09. The van der Waals surface area contributed by atoms with Gasteiger partial charge in [-0.05, 0) is 100 Å². The Morgan fingerprint density at radius 1 is 1.25 bits per heavy atom. The first-order chi connectivity index (χ1) is 13.4. The maximum Gasteiger partial charge on any atom is 0.274 e. The molecule has 0 aliphatic carbocycles. The number of hydrogen-bond donors (Lipinski definition) is 0. The Balaban J connectivity index is 1.97. The second-order valence-electron chi connectivity index (χ2n) is 6.37. The zero-order valence-corrected chi connectivity index (χ0v) is 20.2. The third kappa shape index (κ3) is 3.42. The van der Waals surface area contributed by atoms with Crippen molar-refractivity contribution < 1.29 is 4.74 Å². The zero-order valence-electron chi connectivity index (χ0n) is 15.0. The highest BCUT2D eigenvalue weighted by Crippen LogP contribution is 2.29. The molecule has 0 fully saturated rings. The molecule has 140 valence electrons. The number of benzene rings is 2. The van der Waals surface area contributed by atoms with E-state index in [-0.39, 0.29) is 12.2 Å². The first-order valence-corrected chi connectivity index (χ1v) is 11.4. The summed E-state index contributed by atoms with van der Waals surface area (Å²) in [6, 6.07) is 8.06. The van der Waals surface area contributed by atoms with Gasteiger partial charge in [0.15, 0.2) is 4.96 Å². The Labute approximate surface area is 192 Å². The van der Waals surface area contributed by atoms with Crippen LogP contribution in [0.4, 0.5) is 0 Å². The molecule has 0 amide bonds. The van der Waals surface area contributed by atoms with E-state index in [1.807, 2.05) is 37.3 Å². The van der Waals surface area contributed by atoms with Crippen LogP contribution in [0.15, 0.2) is 29.1 Å². The van der Waals surface area contributed by atoms with Crippen LogP contribution in [0, 0.1) is 33.3 Å². The van der Waals surface area contributed by atoms with Crippen LogP contribution in [-0.4, -0.2) is 16.0 Å². The first-order valence-electron chi connectivity index (χ1n) is 8.38. The standard InChI is InChI=1S/C21H14I2N2O2S/c1-4-5-27-19-13(8-14(22)10-15(19)23)9-18-20(26)25-17-7-12(3)11(2)6-16(17)24-21(25)28-18/h1,6-10H,5H2,2-3H3/b18-9+. The maximum absolute atomic E-state index is 13.1. The summed E-state index contributed by atoms with van der Waals surface area (Å²) >= 11 is 5.86. The number of terminal acetylenes is 1. The van der Waals surface area contributed by atoms with Crippen molar-refractivity contribution in [2.24, 2.45) is 0 Å². The third-order valence-corrected chi connectivity index (χ3v) is 6.87. The molecule has 0 saturated heterocycles. The van der Waals surface area contributed by atoms with Crippen LogP contribution < -0.4 is 14.8 Å². The van der Waals surface area contributed by atoms with Crippen LogP contribution >= 0.6 is 56.5 Å². The van der Waals surface area contributed by atoms with Crippen LogP contribution in [-0.2, 0) is 0 Å². The number of fused-ring (bicyclic) bond motifs is 3. The van der Waals surface area contributed by atoms with E-state index in [0.29, 0.717) is 15.2 Å². The summed E-state index contributed by atoms with van der Waals surface area (Å²) < 4.78 is 10.1. The van der Waals surface area contributed by atoms with Gasteiger partial charge in [-0.3, -0.25) is 4.79 Å². The number of thiazole rings is 1. The molecule has 2 aromatic heterocycles. The largest absolute Gasteiger partial charge is 0.479 e. The van der Waals surface area contributed by atoms with Crippen molar-refractivity contribution in [2.45, 2.75) is 13.8 Å². The van der Waals surface area contributed by atoms with Crippen LogP contribution in [0.3, 0.4) is 0 Å². The van der Waals surface area contributed by atoms with Crippen molar-refractivity contribution in [3.8, 4) is 18.1 Å². The van der Waals surface area contributed by atoms with E-state index < -0.39 is 0 Å². The molecule has 2 heterocycles. The zero-order chi connectivity index (χ0) is 20.0. The second-order valence-corrected chi connectivity index (χ2v) is 9.79. The van der Waals surface area contributed by atoms with Crippen molar-refractivity contribution in [1.82, 2.24) is 9.38 Å². The first kappa shape index (κ1) is 19.7. The number of hydrogen-bond acceptors (Lipinski definition) is 4. The van der Waals surface area contributed by atoms with Gasteiger partial charge in [-0.1, -0.05) is 17.3 Å². The average Bonchev–Trinajstić information content (AvgIpc) is 3.11. The molecular formula is C21H14I2N2O2S. The van der Waals surface area contributed by atoms with E-state index in [2.05, 4.69) is 63.0 Å². The van der Waals surface area contributed by atoms with E-state index in [1.54, 1.807) is 4.40 Å². The summed E-state index contributed by atoms with van der Waals surface area (Å²) in [5, 5.41) is 0. The molecule has 0 radical (unpaired) electrons. The minimum atomic E-state index is -0.0671. The lowest BCUT2D eigenvalue weighted by Crippen LogP contribution is -2.22. The van der Waals surface area contributed by atoms with E-state index in [0.717, 1.165) is 29.3 Å². The summed E-state index contributed by atoms with van der Waals surface area (Å²) in [7, 11) is 0. The van der Waals surface area contributed by atoms with E-state index in [9.17, 15) is 4.79 Å². The van der Waals surface area contributed by atoms with Crippen molar-refractivity contribution in [1.29, 1.82) is 0 Å². The van der Waals surface area contributed by atoms with Gasteiger partial charge >= 0.3 is 0 Å². The minimum absolute atomic E-state index is 0.0671. The van der Waals surface area contributed by atoms with Gasteiger partial charge in [-0.2, -0.15) is 0 Å². The lowest BCUT2D eigenvalue weighted by molar-refractivity contribution is 0.367. The molecule has 0 unspecified atom stereocenters. The highest BCUT2D eigenvalue weighted by atomic mass is 127. The molecule has 0 saturated carbocycles. The Morgan fingerprint density at radius 2 is 2.00 bits per heavy atom. The molecule has 0 spiro atoms. The third-order valence-electron chi connectivity index (χ3n) is 4.48. The molecule has 4 nitrogen and oxygen atoms in total. The number of nitrogens with zero attached hydrogens (tertiary/aromatic N) is 2. The normalized spacial score (nSPS) is 12.0. The lowest BCUT2D eigenvalue weighted by atomic mass is 10.1. The summed E-state index contributed by atoms with van der Waals surface area (Å²) in [5.74, 6) is 3.19. The predicted octanol–water partition coefficient (Wildman–Crippen LogP) is 4.29. The molecule has 0 N–H and O–H groups in total. The van der Waals surface area contributed by atoms with Gasteiger partial charge in [0, 0.05) is 9.13 Å². The van der Waals surface area contributed by atoms with Gasteiger partial charge < -0.3 is 4.74 Å². The van der Waals surface area contributed by atoms with Gasteiger partial charge in [-0.15, -0.1) is 6.42 Å². The Kier molecular flexibility index (Phi) is 5.37. The van der Waals surface area contributed by atoms with Gasteiger partial charge in [0.2, 0.25) is 0 Å². The molecular weight excluding hydrogens is 598 g/mol. The highest BCUT2D eigenvalue weighted by Gasteiger charge is 2.14. The van der Waals surface area contributed by atoms with Crippen LogP contribution in [0.1, 0.15) is 16.7 Å². The van der Waals surface area contributed by atoms with Gasteiger partial charge in [-0.25, -0.2) is 9.38 Å². The summed E-state index contributed by atoms with van der Waals surface area (Å²) in [5.41, 5.74) is 4.77. The number of aryl methyl sites for hydroxylation is 2. The number of ether oxygens (including phenoxy) is 1. The summed E-state index contributed by atoms with van der Waals surface area (Å²) in [6.45, 7) is 4.27. The van der Waals surface area contributed by atoms with Gasteiger partial charge in [0.05, 0.1) is 19.1 Å². The predicted molar refractivity (Wildman–Crippen MR) is 131 cm³/mol. The molecule has 0 aliphatic rings. The average molecular weight is 612 g/mol. The maximum atomic E-state index is 13.1. The molecule has 0 atom stereocenters. The highest BCUT2D eigenvalue weighted by molar-refractivity contribution is 14.1. The fraction of sp³-hybridized carbons (Fsp3) is 0.143. The molecule has 0 aliphatic heterocycles. The smallest absolute Gasteiger partial charge is 0.274 e. The molecule has 0 bridgehead atoms. The van der Waals surface area contributed by atoms with Crippen molar-refractivity contribution in [3.05, 3.63) is 63.0 Å². The molecule has 2 aromatic carbocycles. The van der Waals surface area contributed by atoms with Crippen molar-refractivity contribution >= 4 is 78.6 Å². The summed E-state index contributed by atoms with van der Waals surface area (Å²) in [6.07, 6.45) is 7.21. The Bertz CT molecular complexity index is 1400. The SMILES string of the molecule is C#CCOc1c(I)cc(I)cc1/C=c1/sc2nc3cc(C)c(C)cc3n2c1=O. The van der Waals surface area contributed by atoms with Gasteiger partial charge in [0.1, 0.15) is 12.4 Å². The van der Waals surface area contributed by atoms with Gasteiger partial charge in [0.25, 0.3) is 5.56 Å². The van der Waals surface area contributed by atoms with E-state index in [1.165, 1.54) is 16.9 Å². The summed E-state index contributed by atoms with van der Waals surface area (Å²) in [4.78, 5) is 18.5. The van der Waals surface area contributed by atoms with E-state index >= 15 is 0 Å². The number of imidazole rings is 1. The van der Waals surface area contributed by atoms with Crippen LogP contribution in [0.2, 0.25) is 0 Å². The number of rotatable bonds is 3. The molecule has 28 heavy (non-hydrogen) atoms. The van der Waals surface area contributed by atoms with E-state index in [4.69, 9.17) is 11.2 Å². The monoisotopic (exact) mass is 612 g/mol. The number of aromatic nitrogens is 2. The van der Waals surface area contributed by atoms with Crippen LogP contribution in [0.25, 0.3) is 22.1 Å². The topological polar surface area (TPSA) is 43.6 Å². The fourth-order valence-electron chi connectivity index (χ4n) is 3.01. The quantitative estimate of drug-likeness (QED) is 0.256. The van der Waals surface area contributed by atoms with Crippen LogP contribution in [0.5, 0.6) is 5.75 Å².